The first-order chi connectivity index (χ1) is 17.4. The van der Waals surface area contributed by atoms with Gasteiger partial charge in [-0.3, -0.25) is 10.1 Å². The van der Waals surface area contributed by atoms with E-state index >= 15 is 0 Å². The topological polar surface area (TPSA) is 60.5 Å². The van der Waals surface area contributed by atoms with Gasteiger partial charge in [0.2, 0.25) is 0 Å². The van der Waals surface area contributed by atoms with E-state index in [1.807, 2.05) is 13.0 Å². The Hall–Kier alpha value is -3.80. The molecule has 0 saturated heterocycles. The minimum absolute atomic E-state index is 0.0829. The summed E-state index contributed by atoms with van der Waals surface area (Å²) in [5, 5.41) is 12.7. The molecule has 0 bridgehead atoms. The van der Waals surface area contributed by atoms with Gasteiger partial charge in [0.05, 0.1) is 11.5 Å². The van der Waals surface area contributed by atoms with Gasteiger partial charge in [-0.15, -0.1) is 0 Å². The Morgan fingerprint density at radius 3 is 2.31 bits per heavy atom. The van der Waals surface area contributed by atoms with Crippen LogP contribution in [0.1, 0.15) is 39.0 Å². The highest BCUT2D eigenvalue weighted by Gasteiger charge is 2.22. The molecule has 6 nitrogen and oxygen atoms in total. The highest BCUT2D eigenvalue weighted by molar-refractivity contribution is 6.07. The van der Waals surface area contributed by atoms with Crippen LogP contribution in [0.15, 0.2) is 54.6 Å². The number of nitrogens with zero attached hydrogens (tertiary/aromatic N) is 3. The number of aryl methyl sites for hydroxylation is 2. The molecule has 0 atom stereocenters. The fraction of sp³-hybridized carbons (Fsp3) is 0.333. The number of rotatable bonds is 9. The molecule has 0 spiro atoms. The van der Waals surface area contributed by atoms with Crippen molar-refractivity contribution in [1.82, 2.24) is 4.57 Å². The van der Waals surface area contributed by atoms with Crippen LogP contribution in [0.3, 0.4) is 0 Å². The Bertz CT molecular complexity index is 1420. The number of nitro groups is 1. The lowest BCUT2D eigenvalue weighted by Gasteiger charge is -2.23. The number of benzene rings is 3. The first-order valence-corrected chi connectivity index (χ1v) is 12.7. The molecule has 36 heavy (non-hydrogen) atoms. The fourth-order valence-corrected chi connectivity index (χ4v) is 5.25. The second-order valence-electron chi connectivity index (χ2n) is 8.93. The van der Waals surface area contributed by atoms with Crippen LogP contribution >= 0.6 is 0 Å². The van der Waals surface area contributed by atoms with Gasteiger partial charge in [0, 0.05) is 71.2 Å². The molecule has 0 amide bonds. The van der Waals surface area contributed by atoms with Gasteiger partial charge in [-0.25, -0.2) is 0 Å². The van der Waals surface area contributed by atoms with Crippen molar-refractivity contribution in [3.63, 3.8) is 0 Å². The molecule has 188 valence electrons. The largest absolute Gasteiger partial charge is 0.493 e. The zero-order chi connectivity index (χ0) is 26.0. The first kappa shape index (κ1) is 25.3. The van der Waals surface area contributed by atoms with Crippen molar-refractivity contribution in [3.8, 4) is 28.0 Å². The van der Waals surface area contributed by atoms with Crippen LogP contribution in [0.2, 0.25) is 0 Å². The van der Waals surface area contributed by atoms with E-state index in [2.05, 4.69) is 74.4 Å². The molecular formula is C30H35N3O3. The molecule has 0 fully saturated rings. The van der Waals surface area contributed by atoms with Gasteiger partial charge >= 0.3 is 0 Å². The summed E-state index contributed by atoms with van der Waals surface area (Å²) < 4.78 is 8.56. The lowest BCUT2D eigenvalue weighted by molar-refractivity contribution is -0.384. The van der Waals surface area contributed by atoms with Crippen LogP contribution < -0.4 is 9.64 Å². The highest BCUT2D eigenvalue weighted by Crippen LogP contribution is 2.46. The zero-order valence-electron chi connectivity index (χ0n) is 22.1. The smallest absolute Gasteiger partial charge is 0.270 e. The average molecular weight is 486 g/mol. The summed E-state index contributed by atoms with van der Waals surface area (Å²) in [7, 11) is 0. The number of ether oxygens (including phenoxy) is 1. The average Bonchev–Trinajstić information content (AvgIpc) is 3.14. The predicted molar refractivity (Wildman–Crippen MR) is 149 cm³/mol. The van der Waals surface area contributed by atoms with Crippen LogP contribution in [0.25, 0.3) is 33.2 Å². The molecule has 0 radical (unpaired) electrons. The summed E-state index contributed by atoms with van der Waals surface area (Å²) in [6.07, 6.45) is 0. The second kappa shape index (κ2) is 10.4. The van der Waals surface area contributed by atoms with Crippen LogP contribution in [0.4, 0.5) is 11.4 Å². The number of hydrogen-bond donors (Lipinski definition) is 0. The van der Waals surface area contributed by atoms with E-state index < -0.39 is 0 Å². The van der Waals surface area contributed by atoms with Crippen molar-refractivity contribution in [3.05, 3.63) is 76.0 Å². The molecule has 0 aliphatic rings. The molecular weight excluding hydrogens is 450 g/mol. The third-order valence-electron chi connectivity index (χ3n) is 7.14. The Balaban J connectivity index is 2.11. The fourth-order valence-electron chi connectivity index (χ4n) is 5.25. The molecule has 1 heterocycles. The SMILES string of the molecule is CCOc1cc(N(CC)CC)ccc1-c1c(-c2cccc([N+](=O)[O-])c2)ccc2c1c(C)c(C)n2CC. The molecule has 0 unspecified atom stereocenters. The number of nitro benzene ring substituents is 1. The molecule has 0 N–H and O–H groups in total. The van der Waals surface area contributed by atoms with Crippen molar-refractivity contribution >= 4 is 22.3 Å². The molecule has 4 aromatic rings. The maximum Gasteiger partial charge on any atom is 0.270 e. The zero-order valence-corrected chi connectivity index (χ0v) is 22.1. The monoisotopic (exact) mass is 485 g/mol. The Morgan fingerprint density at radius 2 is 1.67 bits per heavy atom. The molecule has 3 aromatic carbocycles. The second-order valence-corrected chi connectivity index (χ2v) is 8.93. The standard InChI is InChI=1S/C30H35N3O3/c1-7-31(8-2)23-14-15-26(28(19-23)36-10-4)30-25(22-12-11-13-24(18-22)33(34)35)16-17-27-29(30)20(5)21(6)32(27)9-3/h11-19H,7-10H2,1-6H3. The lowest BCUT2D eigenvalue weighted by Crippen LogP contribution is -2.21. The van der Waals surface area contributed by atoms with E-state index in [4.69, 9.17) is 4.74 Å². The highest BCUT2D eigenvalue weighted by atomic mass is 16.6. The van der Waals surface area contributed by atoms with E-state index in [9.17, 15) is 10.1 Å². The number of anilines is 1. The molecule has 4 rings (SSSR count). The van der Waals surface area contributed by atoms with Gasteiger partial charge in [0.15, 0.2) is 0 Å². The van der Waals surface area contributed by atoms with E-state index in [0.717, 1.165) is 64.2 Å². The van der Waals surface area contributed by atoms with Crippen molar-refractivity contribution in [2.45, 2.75) is 48.1 Å². The lowest BCUT2D eigenvalue weighted by atomic mass is 9.89. The minimum atomic E-state index is -0.338. The number of hydrogen-bond acceptors (Lipinski definition) is 4. The molecule has 6 heteroatoms. The number of fused-ring (bicyclic) bond motifs is 1. The van der Waals surface area contributed by atoms with Gasteiger partial charge in [0.25, 0.3) is 5.69 Å². The van der Waals surface area contributed by atoms with Crippen molar-refractivity contribution in [2.75, 3.05) is 24.6 Å². The van der Waals surface area contributed by atoms with Gasteiger partial charge in [-0.2, -0.15) is 0 Å². The Labute approximate surface area is 213 Å². The maximum absolute atomic E-state index is 11.6. The quantitative estimate of drug-likeness (QED) is 0.179. The molecule has 0 aliphatic carbocycles. The van der Waals surface area contributed by atoms with Crippen molar-refractivity contribution in [1.29, 1.82) is 0 Å². The van der Waals surface area contributed by atoms with Crippen LogP contribution in [0.5, 0.6) is 5.75 Å². The summed E-state index contributed by atoms with van der Waals surface area (Å²) >= 11 is 0. The Kier molecular flexibility index (Phi) is 7.34. The van der Waals surface area contributed by atoms with Gasteiger partial charge < -0.3 is 14.2 Å². The molecule has 0 aliphatic heterocycles. The predicted octanol–water partition coefficient (Wildman–Crippen LogP) is 7.77. The summed E-state index contributed by atoms with van der Waals surface area (Å²) in [5.74, 6) is 0.822. The van der Waals surface area contributed by atoms with Gasteiger partial charge in [0.1, 0.15) is 5.75 Å². The van der Waals surface area contributed by atoms with E-state index in [1.54, 1.807) is 12.1 Å². The normalized spacial score (nSPS) is 11.2. The third-order valence-corrected chi connectivity index (χ3v) is 7.14. The van der Waals surface area contributed by atoms with Crippen molar-refractivity contribution < 1.29 is 9.66 Å². The summed E-state index contributed by atoms with van der Waals surface area (Å²) in [6, 6.07) is 17.6. The number of non-ortho nitro benzene ring substituents is 1. The third kappa shape index (κ3) is 4.32. The molecule has 1 aromatic heterocycles. The van der Waals surface area contributed by atoms with E-state index in [0.29, 0.717) is 6.61 Å². The summed E-state index contributed by atoms with van der Waals surface area (Å²) in [5.41, 5.74) is 8.62. The van der Waals surface area contributed by atoms with Gasteiger partial charge in [-0.05, 0) is 76.4 Å². The summed E-state index contributed by atoms with van der Waals surface area (Å²) in [4.78, 5) is 13.5. The summed E-state index contributed by atoms with van der Waals surface area (Å²) in [6.45, 7) is 16.0. The maximum atomic E-state index is 11.6. The minimum Gasteiger partial charge on any atom is -0.493 e. The van der Waals surface area contributed by atoms with Crippen LogP contribution in [0, 0.1) is 24.0 Å². The molecule has 0 saturated carbocycles. The first-order valence-electron chi connectivity index (χ1n) is 12.7. The van der Waals surface area contributed by atoms with Crippen molar-refractivity contribution in [2.24, 2.45) is 0 Å². The van der Waals surface area contributed by atoms with Gasteiger partial charge in [-0.1, -0.05) is 18.2 Å². The Morgan fingerprint density at radius 1 is 0.944 bits per heavy atom. The van der Waals surface area contributed by atoms with Crippen LogP contribution in [-0.4, -0.2) is 29.2 Å². The van der Waals surface area contributed by atoms with E-state index in [1.165, 1.54) is 17.3 Å². The van der Waals surface area contributed by atoms with E-state index in [-0.39, 0.29) is 10.6 Å². The number of aromatic nitrogens is 1. The van der Waals surface area contributed by atoms with Crippen LogP contribution in [-0.2, 0) is 6.54 Å².